The monoisotopic (exact) mass is 385 g/mol. The average Bonchev–Trinajstić information content (AvgIpc) is 3.33. The minimum Gasteiger partial charge on any atom is -0.465 e. The predicted molar refractivity (Wildman–Crippen MR) is 105 cm³/mol. The molecule has 27 heavy (non-hydrogen) atoms. The van der Waals surface area contributed by atoms with Crippen LogP contribution in [0.4, 0.5) is 9.93 Å². The van der Waals surface area contributed by atoms with Crippen molar-refractivity contribution in [2.24, 2.45) is 11.8 Å². The number of nitrogens with zero attached hydrogens (tertiary/aromatic N) is 2. The number of piperidine rings is 1. The third-order valence-corrected chi connectivity index (χ3v) is 7.80. The first-order valence-electron chi connectivity index (χ1n) is 9.60. The molecule has 0 spiro atoms. The van der Waals surface area contributed by atoms with Crippen molar-refractivity contribution in [3.8, 4) is 0 Å². The van der Waals surface area contributed by atoms with Crippen LogP contribution in [0.25, 0.3) is 10.2 Å². The molecule has 0 radical (unpaired) electrons. The van der Waals surface area contributed by atoms with Crippen LogP contribution < -0.4 is 5.32 Å². The van der Waals surface area contributed by atoms with E-state index < -0.39 is 6.09 Å². The molecule has 1 aromatic heterocycles. The Morgan fingerprint density at radius 1 is 1.44 bits per heavy atom. The number of anilines is 1. The maximum Gasteiger partial charge on any atom is 0.410 e. The van der Waals surface area contributed by atoms with Gasteiger partial charge in [0.05, 0.1) is 16.3 Å². The molecule has 1 aliphatic heterocycles. The first-order valence-corrected chi connectivity index (χ1v) is 10.4. The summed E-state index contributed by atoms with van der Waals surface area (Å²) in [6, 6.07) is 3.92. The molecule has 1 aromatic carbocycles. The van der Waals surface area contributed by atoms with E-state index in [1.165, 1.54) is 24.2 Å². The summed E-state index contributed by atoms with van der Waals surface area (Å²) < 4.78 is 0.857. The average molecular weight is 385 g/mol. The van der Waals surface area contributed by atoms with Gasteiger partial charge in [0.15, 0.2) is 10.9 Å². The van der Waals surface area contributed by atoms with Crippen molar-refractivity contribution in [1.29, 1.82) is 0 Å². The fourth-order valence-electron chi connectivity index (χ4n) is 4.97. The predicted octanol–water partition coefficient (Wildman–Crippen LogP) is 3.96. The van der Waals surface area contributed by atoms with Crippen LogP contribution in [-0.4, -0.2) is 46.0 Å². The number of carboxylic acid groups (broad SMARTS) is 1. The van der Waals surface area contributed by atoms with Crippen molar-refractivity contribution >= 4 is 38.6 Å². The van der Waals surface area contributed by atoms with Gasteiger partial charge in [-0.05, 0) is 60.8 Å². The molecule has 5 rings (SSSR count). The second-order valence-electron chi connectivity index (χ2n) is 8.52. The minimum absolute atomic E-state index is 0.0427. The Bertz CT molecular complexity index is 967. The highest BCUT2D eigenvalue weighted by Crippen LogP contribution is 2.50. The fourth-order valence-corrected chi connectivity index (χ4v) is 5.85. The van der Waals surface area contributed by atoms with E-state index in [-0.39, 0.29) is 23.2 Å². The molecule has 3 aliphatic rings. The van der Waals surface area contributed by atoms with E-state index in [0.717, 1.165) is 46.8 Å². The molecule has 2 N–H and O–H groups in total. The molecule has 0 unspecified atom stereocenters. The van der Waals surface area contributed by atoms with Crippen molar-refractivity contribution in [3.63, 3.8) is 0 Å². The van der Waals surface area contributed by atoms with Crippen LogP contribution in [-0.2, 0) is 5.41 Å². The van der Waals surface area contributed by atoms with Gasteiger partial charge in [-0.15, -0.1) is 0 Å². The van der Waals surface area contributed by atoms with Gasteiger partial charge in [0.1, 0.15) is 0 Å². The number of Topliss-reactive ketones (excluding diaryl/α,β-unsaturated/α-hetero) is 1. The Balaban J connectivity index is 1.61. The maximum absolute atomic E-state index is 13.5. The lowest BCUT2D eigenvalue weighted by Crippen LogP contribution is -2.61. The zero-order valence-corrected chi connectivity index (χ0v) is 16.3. The normalized spacial score (nSPS) is 30.4. The SMILES string of the molecule is C[C@H]1[C@H]2C(=O)c3cc4sc(NC(=O)O)nc4cc3[C@]1(C)CCN2CC1CC1. The van der Waals surface area contributed by atoms with Gasteiger partial charge in [0, 0.05) is 12.1 Å². The van der Waals surface area contributed by atoms with Crippen LogP contribution in [0.5, 0.6) is 0 Å². The van der Waals surface area contributed by atoms with Crippen molar-refractivity contribution in [2.45, 2.75) is 44.6 Å². The number of ketones is 1. The topological polar surface area (TPSA) is 82.5 Å². The molecular weight excluding hydrogens is 362 g/mol. The first kappa shape index (κ1) is 17.1. The van der Waals surface area contributed by atoms with Gasteiger partial charge < -0.3 is 5.11 Å². The summed E-state index contributed by atoms with van der Waals surface area (Å²) in [5, 5.41) is 11.6. The quantitative estimate of drug-likeness (QED) is 0.836. The zero-order valence-electron chi connectivity index (χ0n) is 15.5. The summed E-state index contributed by atoms with van der Waals surface area (Å²) in [4.78, 5) is 31.2. The maximum atomic E-state index is 13.5. The summed E-state index contributed by atoms with van der Waals surface area (Å²) in [5.74, 6) is 1.25. The van der Waals surface area contributed by atoms with Crippen molar-refractivity contribution in [2.75, 3.05) is 18.4 Å². The Morgan fingerprint density at radius 2 is 2.22 bits per heavy atom. The van der Waals surface area contributed by atoms with E-state index in [2.05, 4.69) is 29.0 Å². The number of hydrogen-bond acceptors (Lipinski definition) is 5. The largest absolute Gasteiger partial charge is 0.465 e. The number of hydrogen-bond donors (Lipinski definition) is 2. The number of fused-ring (bicyclic) bond motifs is 5. The number of benzene rings is 1. The lowest BCUT2D eigenvalue weighted by atomic mass is 9.58. The highest BCUT2D eigenvalue weighted by molar-refractivity contribution is 7.22. The molecule has 2 heterocycles. The van der Waals surface area contributed by atoms with Gasteiger partial charge in [0.2, 0.25) is 0 Å². The van der Waals surface area contributed by atoms with Gasteiger partial charge in [-0.3, -0.25) is 15.0 Å². The lowest BCUT2D eigenvalue weighted by Gasteiger charge is -2.53. The number of carbonyl (C=O) groups is 2. The molecule has 2 bridgehead atoms. The number of likely N-dealkylation sites (tertiary alicyclic amines) is 1. The van der Waals surface area contributed by atoms with E-state index in [4.69, 9.17) is 5.11 Å². The van der Waals surface area contributed by atoms with E-state index in [9.17, 15) is 9.59 Å². The van der Waals surface area contributed by atoms with Crippen LogP contribution >= 0.6 is 11.3 Å². The Kier molecular flexibility index (Phi) is 3.65. The summed E-state index contributed by atoms with van der Waals surface area (Å²) in [5.41, 5.74) is 2.61. The van der Waals surface area contributed by atoms with Crippen LogP contribution in [0.3, 0.4) is 0 Å². The first-order chi connectivity index (χ1) is 12.9. The summed E-state index contributed by atoms with van der Waals surface area (Å²) in [6.07, 6.45) is 2.50. The smallest absolute Gasteiger partial charge is 0.410 e. The highest BCUT2D eigenvalue weighted by Gasteiger charge is 2.53. The number of carbonyl (C=O) groups excluding carboxylic acids is 1. The number of aromatic nitrogens is 1. The van der Waals surface area contributed by atoms with E-state index in [1.807, 2.05) is 12.1 Å². The summed E-state index contributed by atoms with van der Waals surface area (Å²) in [7, 11) is 0. The number of rotatable bonds is 3. The van der Waals surface area contributed by atoms with Crippen LogP contribution in [0.15, 0.2) is 12.1 Å². The summed E-state index contributed by atoms with van der Waals surface area (Å²) >= 11 is 1.28. The standard InChI is InChI=1S/C20H23N3O3S/c1-10-16-17(24)12-7-15-14(21-18(27-15)22-19(25)26)8-13(12)20(10,2)5-6-23(16)9-11-3-4-11/h7-8,10-11,16H,3-6,9H2,1-2H3,(H,21,22)(H,25,26)/t10-,16-,20+/m0/s1. The van der Waals surface area contributed by atoms with E-state index >= 15 is 0 Å². The van der Waals surface area contributed by atoms with Crippen LogP contribution in [0.1, 0.15) is 49.0 Å². The number of thiazole rings is 1. The molecule has 7 heteroatoms. The fraction of sp³-hybridized carbons (Fsp3) is 0.550. The molecule has 2 aromatic rings. The number of nitrogens with one attached hydrogen (secondary N) is 1. The molecule has 1 amide bonds. The van der Waals surface area contributed by atoms with Gasteiger partial charge in [-0.1, -0.05) is 25.2 Å². The zero-order chi connectivity index (χ0) is 18.9. The highest BCUT2D eigenvalue weighted by atomic mass is 32.1. The van der Waals surface area contributed by atoms with Crippen LogP contribution in [0.2, 0.25) is 0 Å². The molecular formula is C20H23N3O3S. The third-order valence-electron chi connectivity index (χ3n) is 6.87. The van der Waals surface area contributed by atoms with Gasteiger partial charge in [-0.25, -0.2) is 9.78 Å². The summed E-state index contributed by atoms with van der Waals surface area (Å²) in [6.45, 7) is 6.50. The number of amides is 1. The molecule has 1 saturated carbocycles. The Morgan fingerprint density at radius 3 is 2.93 bits per heavy atom. The minimum atomic E-state index is -1.12. The second-order valence-corrected chi connectivity index (χ2v) is 9.55. The third kappa shape index (κ3) is 2.59. The van der Waals surface area contributed by atoms with E-state index in [0.29, 0.717) is 5.13 Å². The lowest BCUT2D eigenvalue weighted by molar-refractivity contribution is 0.0267. The molecule has 2 fully saturated rings. The molecule has 6 nitrogen and oxygen atoms in total. The Hall–Kier alpha value is -1.99. The molecule has 142 valence electrons. The second kappa shape index (κ2) is 5.75. The Labute approximate surface area is 161 Å². The van der Waals surface area contributed by atoms with Gasteiger partial charge >= 0.3 is 6.09 Å². The molecule has 1 saturated heterocycles. The van der Waals surface area contributed by atoms with Crippen molar-refractivity contribution in [1.82, 2.24) is 9.88 Å². The van der Waals surface area contributed by atoms with Crippen LogP contribution in [0, 0.1) is 11.8 Å². The molecule has 2 aliphatic carbocycles. The van der Waals surface area contributed by atoms with E-state index in [1.54, 1.807) is 0 Å². The van der Waals surface area contributed by atoms with Crippen molar-refractivity contribution in [3.05, 3.63) is 23.3 Å². The van der Waals surface area contributed by atoms with Gasteiger partial charge in [0.25, 0.3) is 0 Å². The molecule has 3 atom stereocenters. The van der Waals surface area contributed by atoms with Gasteiger partial charge in [-0.2, -0.15) is 0 Å². The van der Waals surface area contributed by atoms with Crippen molar-refractivity contribution < 1.29 is 14.7 Å².